The second-order valence-corrected chi connectivity index (χ2v) is 7.83. The number of carbonyl (C=O) groups excluding carboxylic acids is 1. The molecular weight excluding hydrogens is 432 g/mol. The van der Waals surface area contributed by atoms with Gasteiger partial charge in [-0.1, -0.05) is 34.1 Å². The molecule has 0 spiro atoms. The van der Waals surface area contributed by atoms with Crippen molar-refractivity contribution in [1.82, 2.24) is 9.78 Å². The average Bonchev–Trinajstić information content (AvgIpc) is 3.14. The summed E-state index contributed by atoms with van der Waals surface area (Å²) in [6.45, 7) is 5.54. The number of nitrogens with zero attached hydrogens (tertiary/aromatic N) is 3. The quantitative estimate of drug-likeness (QED) is 0.602. The highest BCUT2D eigenvalue weighted by Gasteiger charge is 2.29. The smallest absolute Gasteiger partial charge is 0.280 e. The van der Waals surface area contributed by atoms with Gasteiger partial charge in [0.2, 0.25) is 0 Å². The highest BCUT2D eigenvalue weighted by Crippen LogP contribution is 2.26. The number of H-pyrrole nitrogens is 1. The van der Waals surface area contributed by atoms with Crippen molar-refractivity contribution >= 4 is 39.3 Å². The highest BCUT2D eigenvalue weighted by molar-refractivity contribution is 9.10. The van der Waals surface area contributed by atoms with Crippen molar-refractivity contribution in [2.24, 2.45) is 5.10 Å². The molecule has 0 unspecified atom stereocenters. The number of hydrogen-bond donors (Lipinski definition) is 1. The molecule has 7 heteroatoms. The topological polar surface area (TPSA) is 70.5 Å². The highest BCUT2D eigenvalue weighted by atomic mass is 79.9. The van der Waals surface area contributed by atoms with Crippen LogP contribution in [0.15, 0.2) is 68.5 Å². The molecule has 1 aliphatic rings. The number of nitrogens with one attached hydrogen (secondary N) is 1. The number of aromatic amines is 1. The zero-order valence-electron chi connectivity index (χ0n) is 16.2. The van der Waals surface area contributed by atoms with Crippen LogP contribution in [0.2, 0.25) is 0 Å². The first-order chi connectivity index (χ1) is 13.9. The van der Waals surface area contributed by atoms with Crippen molar-refractivity contribution in [3.63, 3.8) is 0 Å². The maximum atomic E-state index is 13.0. The Morgan fingerprint density at radius 1 is 1.00 bits per heavy atom. The number of aryl methyl sites for hydroxylation is 2. The van der Waals surface area contributed by atoms with E-state index in [-0.39, 0.29) is 11.5 Å². The van der Waals surface area contributed by atoms with E-state index >= 15 is 0 Å². The van der Waals surface area contributed by atoms with Crippen LogP contribution in [0.5, 0.6) is 0 Å². The normalized spacial score (nSPS) is 15.3. The lowest BCUT2D eigenvalue weighted by atomic mass is 10.1. The number of carbonyl (C=O) groups is 1. The Kier molecular flexibility index (Phi) is 4.84. The van der Waals surface area contributed by atoms with Crippen molar-refractivity contribution in [1.29, 1.82) is 0 Å². The van der Waals surface area contributed by atoms with E-state index in [1.807, 2.05) is 62.4 Å². The van der Waals surface area contributed by atoms with Gasteiger partial charge >= 0.3 is 0 Å². The molecule has 3 aromatic rings. The first-order valence-corrected chi connectivity index (χ1v) is 9.91. The molecule has 1 N–H and O–H groups in total. The number of benzene rings is 2. The predicted octanol–water partition coefficient (Wildman–Crippen LogP) is 4.35. The zero-order chi connectivity index (χ0) is 20.7. The predicted molar refractivity (Wildman–Crippen MR) is 119 cm³/mol. The second kappa shape index (κ2) is 7.33. The number of rotatable bonds is 3. The molecule has 0 fully saturated rings. The molecule has 146 valence electrons. The zero-order valence-corrected chi connectivity index (χ0v) is 17.8. The van der Waals surface area contributed by atoms with Gasteiger partial charge in [0.25, 0.3) is 11.5 Å². The lowest BCUT2D eigenvalue weighted by Crippen LogP contribution is -2.22. The van der Waals surface area contributed by atoms with E-state index in [1.165, 1.54) is 9.69 Å². The van der Waals surface area contributed by atoms with Gasteiger partial charge in [-0.25, -0.2) is 4.68 Å². The van der Waals surface area contributed by atoms with E-state index in [4.69, 9.17) is 0 Å². The van der Waals surface area contributed by atoms with Gasteiger partial charge in [0, 0.05) is 10.2 Å². The minimum absolute atomic E-state index is 0.202. The van der Waals surface area contributed by atoms with Crippen LogP contribution in [0, 0.1) is 13.8 Å². The maximum Gasteiger partial charge on any atom is 0.280 e. The summed E-state index contributed by atoms with van der Waals surface area (Å²) in [5.41, 5.74) is 4.34. The Morgan fingerprint density at radius 2 is 1.69 bits per heavy atom. The van der Waals surface area contributed by atoms with E-state index < -0.39 is 0 Å². The molecule has 2 heterocycles. The number of hydrazone groups is 1. The fourth-order valence-electron chi connectivity index (χ4n) is 3.30. The maximum absolute atomic E-state index is 13.0. The average molecular weight is 451 g/mol. The van der Waals surface area contributed by atoms with Crippen molar-refractivity contribution in [3.05, 3.63) is 85.8 Å². The summed E-state index contributed by atoms with van der Waals surface area (Å²) in [6.07, 6.45) is 1.63. The molecule has 0 radical (unpaired) electrons. The van der Waals surface area contributed by atoms with E-state index in [0.717, 1.165) is 15.7 Å². The number of para-hydroxylation sites is 1. The molecule has 6 nitrogen and oxygen atoms in total. The van der Waals surface area contributed by atoms with Crippen molar-refractivity contribution < 1.29 is 4.79 Å². The summed E-state index contributed by atoms with van der Waals surface area (Å²) >= 11 is 3.39. The summed E-state index contributed by atoms with van der Waals surface area (Å²) in [7, 11) is 0. The molecule has 1 amide bonds. The summed E-state index contributed by atoms with van der Waals surface area (Å²) in [5.74, 6) is -0.257. The fraction of sp³-hybridized carbons (Fsp3) is 0.136. The van der Waals surface area contributed by atoms with Crippen LogP contribution < -0.4 is 10.6 Å². The molecule has 0 aliphatic carbocycles. The van der Waals surface area contributed by atoms with E-state index in [0.29, 0.717) is 28.2 Å². The van der Waals surface area contributed by atoms with Gasteiger partial charge in [-0.05, 0) is 62.7 Å². The van der Waals surface area contributed by atoms with Gasteiger partial charge < -0.3 is 0 Å². The second-order valence-electron chi connectivity index (χ2n) is 6.91. The van der Waals surface area contributed by atoms with Crippen LogP contribution >= 0.6 is 15.9 Å². The van der Waals surface area contributed by atoms with Crippen molar-refractivity contribution in [3.8, 4) is 5.69 Å². The molecule has 1 aromatic heterocycles. The van der Waals surface area contributed by atoms with Gasteiger partial charge in [0.15, 0.2) is 0 Å². The Balaban J connectivity index is 1.75. The molecule has 29 heavy (non-hydrogen) atoms. The van der Waals surface area contributed by atoms with Gasteiger partial charge in [-0.15, -0.1) is 0 Å². The first kappa shape index (κ1) is 19.1. The third-order valence-electron chi connectivity index (χ3n) is 4.90. The SMILES string of the molecule is CC1=NN(c2ccc(Br)cc2)C(=O)/C1=C\c1c(C)[nH]n(-c2ccccc2C)c1=O. The van der Waals surface area contributed by atoms with Gasteiger partial charge in [0.05, 0.1) is 28.2 Å². The van der Waals surface area contributed by atoms with Crippen LogP contribution in [0.25, 0.3) is 11.8 Å². The molecule has 2 aromatic carbocycles. The van der Waals surface area contributed by atoms with Gasteiger partial charge in [-0.3, -0.25) is 14.7 Å². The minimum Gasteiger partial charge on any atom is -0.295 e. The monoisotopic (exact) mass is 450 g/mol. The Labute approximate surface area is 176 Å². The van der Waals surface area contributed by atoms with E-state index in [2.05, 4.69) is 26.1 Å². The Bertz CT molecular complexity index is 1230. The largest absolute Gasteiger partial charge is 0.295 e. The molecular formula is C22H19BrN4O2. The molecule has 4 rings (SSSR count). The Morgan fingerprint density at radius 3 is 2.38 bits per heavy atom. The number of hydrogen-bond acceptors (Lipinski definition) is 3. The van der Waals surface area contributed by atoms with Crippen LogP contribution in [-0.4, -0.2) is 21.4 Å². The van der Waals surface area contributed by atoms with Gasteiger partial charge in [-0.2, -0.15) is 10.1 Å². The lowest BCUT2D eigenvalue weighted by Gasteiger charge is -2.11. The number of amides is 1. The summed E-state index contributed by atoms with van der Waals surface area (Å²) in [5, 5.41) is 8.85. The summed E-state index contributed by atoms with van der Waals surface area (Å²) in [4.78, 5) is 26.0. The van der Waals surface area contributed by atoms with Crippen LogP contribution in [0.4, 0.5) is 5.69 Å². The molecule has 0 saturated heterocycles. The van der Waals surface area contributed by atoms with Crippen LogP contribution in [-0.2, 0) is 4.79 Å². The molecule has 0 bridgehead atoms. The molecule has 0 saturated carbocycles. The summed E-state index contributed by atoms with van der Waals surface area (Å²) in [6, 6.07) is 15.0. The van der Waals surface area contributed by atoms with Crippen LogP contribution in [0.1, 0.15) is 23.7 Å². The minimum atomic E-state index is -0.257. The summed E-state index contributed by atoms with van der Waals surface area (Å²) < 4.78 is 2.43. The number of halogens is 1. The fourth-order valence-corrected chi connectivity index (χ4v) is 3.56. The standard InChI is InChI=1S/C22H19BrN4O2/c1-13-6-4-5-7-20(13)27-22(29)19(15(3)25-27)12-18-14(2)24-26(21(18)28)17-10-8-16(23)9-11-17/h4-12,25H,1-3H3/b18-12-. The van der Waals surface area contributed by atoms with E-state index in [1.54, 1.807) is 13.0 Å². The van der Waals surface area contributed by atoms with Crippen LogP contribution in [0.3, 0.4) is 0 Å². The Hall–Kier alpha value is -3.19. The third-order valence-corrected chi connectivity index (χ3v) is 5.42. The first-order valence-electron chi connectivity index (χ1n) is 9.11. The van der Waals surface area contributed by atoms with E-state index in [9.17, 15) is 9.59 Å². The molecule has 0 atom stereocenters. The lowest BCUT2D eigenvalue weighted by molar-refractivity contribution is -0.114. The van der Waals surface area contributed by atoms with Crippen molar-refractivity contribution in [2.75, 3.05) is 5.01 Å². The van der Waals surface area contributed by atoms with Gasteiger partial charge in [0.1, 0.15) is 0 Å². The third kappa shape index (κ3) is 3.38. The van der Waals surface area contributed by atoms with Crippen molar-refractivity contribution in [2.45, 2.75) is 20.8 Å². The number of aromatic nitrogens is 2. The molecule has 1 aliphatic heterocycles. The number of anilines is 1.